The van der Waals surface area contributed by atoms with Crippen LogP contribution >= 0.6 is 11.3 Å². The minimum atomic E-state index is 0. The number of carbonyl (C=O) groups is 1. The Morgan fingerprint density at radius 1 is 1.08 bits per heavy atom. The highest BCUT2D eigenvalue weighted by Gasteiger charge is 2.25. The van der Waals surface area contributed by atoms with Gasteiger partial charge in [0, 0.05) is 49.2 Å². The van der Waals surface area contributed by atoms with E-state index in [2.05, 4.69) is 66.9 Å². The summed E-state index contributed by atoms with van der Waals surface area (Å²) in [4.78, 5) is 14.6. The van der Waals surface area contributed by atoms with Gasteiger partial charge >= 0.3 is 9.40 Å². The molecule has 1 heterocycles. The summed E-state index contributed by atoms with van der Waals surface area (Å²) in [5.41, 5.74) is 3.25. The maximum Gasteiger partial charge on any atom is 0.302 e. The topological polar surface area (TPSA) is 24.2 Å². The quantitative estimate of drug-likeness (QED) is 0.265. The van der Waals surface area contributed by atoms with Gasteiger partial charge in [0.15, 0.2) is 12.3 Å². The zero-order chi connectivity index (χ0) is 17.8. The first-order valence-corrected chi connectivity index (χ1v) is 9.78. The van der Waals surface area contributed by atoms with Gasteiger partial charge in [-0.25, -0.2) is 0 Å². The number of para-hydroxylation sites is 1. The fourth-order valence-electron chi connectivity index (χ4n) is 3.16. The number of fused-ring (bicyclic) bond motifs is 2. The normalized spacial score (nSPS) is 11.1. The molecule has 0 aliphatic carbocycles. The van der Waals surface area contributed by atoms with E-state index in [9.17, 15) is 4.79 Å². The van der Waals surface area contributed by atoms with Gasteiger partial charge in [-0.2, -0.15) is 4.57 Å². The van der Waals surface area contributed by atoms with Crippen molar-refractivity contribution in [2.24, 2.45) is 0 Å². The second-order valence-corrected chi connectivity index (χ2v) is 7.82. The molecule has 0 fully saturated rings. The number of aromatic nitrogens is 1. The molecular formula is C21H26ClN2OS+. The van der Waals surface area contributed by atoms with Crippen molar-refractivity contribution in [2.45, 2.75) is 32.7 Å². The number of aryl methyl sites for hydroxylation is 1. The summed E-state index contributed by atoms with van der Waals surface area (Å²) in [6.07, 6.45) is 2.59. The van der Waals surface area contributed by atoms with Crippen LogP contribution in [-0.4, -0.2) is 31.3 Å². The first-order valence-electron chi connectivity index (χ1n) is 8.96. The van der Waals surface area contributed by atoms with Crippen LogP contribution in [0.5, 0.6) is 0 Å². The van der Waals surface area contributed by atoms with Crippen molar-refractivity contribution in [3.63, 3.8) is 0 Å². The standard InChI is InChI=1S/C21H26N2OS.ClH/c1-4-8-19(24)16-11-12-21-18(15-16)23(14-7-13-22(2)3)17-9-5-6-10-20(17)25-21;/h5-6,9-12,15H,4,7-8,13-14H2,1-3H3;1H/q+2;/p-1. The number of Topliss-reactive ketones (excluding diaryl/α,β-unsaturated/α-hetero) is 1. The molecule has 0 radical (unpaired) electrons. The van der Waals surface area contributed by atoms with Gasteiger partial charge in [-0.3, -0.25) is 4.79 Å². The number of ketones is 1. The van der Waals surface area contributed by atoms with E-state index in [1.807, 2.05) is 6.07 Å². The molecule has 0 spiro atoms. The lowest BCUT2D eigenvalue weighted by molar-refractivity contribution is -0.645. The number of benzene rings is 2. The number of nitrogens with zero attached hydrogens (tertiary/aromatic N) is 2. The molecule has 0 unspecified atom stereocenters. The van der Waals surface area contributed by atoms with Crippen LogP contribution in [0.3, 0.4) is 0 Å². The lowest BCUT2D eigenvalue weighted by Gasteiger charge is -2.08. The highest BCUT2D eigenvalue weighted by molar-refractivity contribution is 7.24. The molecule has 26 heavy (non-hydrogen) atoms. The number of carbonyl (C=O) groups excluding carboxylic acids is 1. The first kappa shape index (κ1) is 20.7. The third-order valence-electron chi connectivity index (χ3n) is 4.41. The van der Waals surface area contributed by atoms with Gasteiger partial charge in [0.25, 0.3) is 11.0 Å². The third kappa shape index (κ3) is 4.56. The van der Waals surface area contributed by atoms with Crippen LogP contribution in [0, 0.1) is 0 Å². The zero-order valence-electron chi connectivity index (χ0n) is 15.7. The second kappa shape index (κ2) is 9.36. The molecule has 2 aromatic carbocycles. The Balaban J connectivity index is 0.00000243. The Labute approximate surface area is 165 Å². The Morgan fingerprint density at radius 2 is 1.81 bits per heavy atom. The van der Waals surface area contributed by atoms with Crippen LogP contribution in [0.2, 0.25) is 0 Å². The second-order valence-electron chi connectivity index (χ2n) is 6.73. The van der Waals surface area contributed by atoms with E-state index in [4.69, 9.17) is 0 Å². The van der Waals surface area contributed by atoms with Gasteiger partial charge < -0.3 is 17.3 Å². The van der Waals surface area contributed by atoms with Crippen molar-refractivity contribution in [3.8, 4) is 0 Å². The molecule has 0 saturated carbocycles. The largest absolute Gasteiger partial charge is 1.00 e. The van der Waals surface area contributed by atoms with Gasteiger partial charge in [-0.15, -0.1) is 0 Å². The summed E-state index contributed by atoms with van der Waals surface area (Å²) in [5, 5.41) is 0. The van der Waals surface area contributed by atoms with Crippen LogP contribution in [0.4, 0.5) is 0 Å². The van der Waals surface area contributed by atoms with Crippen molar-refractivity contribution < 1.29 is 21.8 Å². The van der Waals surface area contributed by atoms with Crippen molar-refractivity contribution in [1.29, 1.82) is 0 Å². The van der Waals surface area contributed by atoms with Crippen molar-refractivity contribution >= 4 is 37.6 Å². The van der Waals surface area contributed by atoms with E-state index < -0.39 is 0 Å². The van der Waals surface area contributed by atoms with Gasteiger partial charge in [-0.05, 0) is 26.6 Å². The lowest BCUT2D eigenvalue weighted by atomic mass is 10.1. The van der Waals surface area contributed by atoms with E-state index in [1.165, 1.54) is 20.4 Å². The molecule has 0 N–H and O–H groups in total. The molecule has 138 valence electrons. The number of hydrogen-bond donors (Lipinski definition) is 0. The highest BCUT2D eigenvalue weighted by Crippen LogP contribution is 2.25. The summed E-state index contributed by atoms with van der Waals surface area (Å²) < 4.78 is 4.90. The molecule has 0 aliphatic rings. The van der Waals surface area contributed by atoms with Gasteiger partial charge in [0.05, 0.1) is 0 Å². The van der Waals surface area contributed by atoms with Crippen LogP contribution in [0.1, 0.15) is 36.5 Å². The summed E-state index contributed by atoms with van der Waals surface area (Å²) in [5.74, 6) is 0.238. The smallest absolute Gasteiger partial charge is 0.302 e. The maximum absolute atomic E-state index is 12.4. The first-order chi connectivity index (χ1) is 12.1. The average molecular weight is 390 g/mol. The third-order valence-corrected chi connectivity index (χ3v) is 5.54. The van der Waals surface area contributed by atoms with Crippen LogP contribution in [0.25, 0.3) is 20.4 Å². The summed E-state index contributed by atoms with van der Waals surface area (Å²) >= 11 is 1.80. The molecule has 5 heteroatoms. The van der Waals surface area contributed by atoms with E-state index in [1.54, 1.807) is 11.3 Å². The summed E-state index contributed by atoms with van der Waals surface area (Å²) in [6, 6.07) is 14.7. The molecule has 3 nitrogen and oxygen atoms in total. The number of halogens is 1. The monoisotopic (exact) mass is 389 g/mol. The molecular weight excluding hydrogens is 364 g/mol. The van der Waals surface area contributed by atoms with Crippen molar-refractivity contribution in [2.75, 3.05) is 20.6 Å². The molecule has 3 rings (SSSR count). The average Bonchev–Trinajstić information content (AvgIpc) is 2.60. The SMILES string of the molecule is CCCC(=O)c1ccc2[s+]c3ccccc3[n+](CCCN(C)C)c2c1.[Cl-]. The molecule has 0 amide bonds. The molecule has 0 aliphatic heterocycles. The fourth-order valence-corrected chi connectivity index (χ4v) is 4.24. The Morgan fingerprint density at radius 3 is 2.54 bits per heavy atom. The van der Waals surface area contributed by atoms with Crippen LogP contribution in [0.15, 0.2) is 42.5 Å². The van der Waals surface area contributed by atoms with Crippen molar-refractivity contribution in [3.05, 3.63) is 48.0 Å². The summed E-state index contributed by atoms with van der Waals surface area (Å²) in [7, 11) is 4.21. The fraction of sp³-hybridized carbons (Fsp3) is 0.381. The zero-order valence-corrected chi connectivity index (χ0v) is 17.2. The van der Waals surface area contributed by atoms with Crippen LogP contribution < -0.4 is 17.0 Å². The molecule has 1 aromatic heterocycles. The maximum atomic E-state index is 12.4. The Hall–Kier alpha value is -1.62. The van der Waals surface area contributed by atoms with Gasteiger partial charge in [0.1, 0.15) is 0 Å². The highest BCUT2D eigenvalue weighted by atomic mass is 35.5. The molecule has 0 atom stereocenters. The minimum absolute atomic E-state index is 0. The molecule has 0 bridgehead atoms. The predicted octanol–water partition coefficient (Wildman–Crippen LogP) is 1.56. The minimum Gasteiger partial charge on any atom is -1.00 e. The number of rotatable bonds is 7. The van der Waals surface area contributed by atoms with Gasteiger partial charge in [0.2, 0.25) is 11.3 Å². The van der Waals surface area contributed by atoms with Crippen LogP contribution in [-0.2, 0) is 6.54 Å². The molecule has 0 saturated heterocycles. The van der Waals surface area contributed by atoms with Crippen molar-refractivity contribution in [1.82, 2.24) is 4.90 Å². The number of hydrogen-bond acceptors (Lipinski definition) is 2. The van der Waals surface area contributed by atoms with E-state index in [0.29, 0.717) is 6.42 Å². The van der Waals surface area contributed by atoms with E-state index >= 15 is 0 Å². The van der Waals surface area contributed by atoms with E-state index in [-0.39, 0.29) is 18.2 Å². The Kier molecular flexibility index (Phi) is 7.44. The summed E-state index contributed by atoms with van der Waals surface area (Å²) in [6.45, 7) is 4.06. The van der Waals surface area contributed by atoms with Gasteiger partial charge in [-0.1, -0.05) is 19.1 Å². The Bertz CT molecular complexity index is 911. The van der Waals surface area contributed by atoms with E-state index in [0.717, 1.165) is 31.5 Å². The predicted molar refractivity (Wildman–Crippen MR) is 106 cm³/mol. The molecule has 3 aromatic rings. The lowest BCUT2D eigenvalue weighted by Crippen LogP contribution is -3.00.